The highest BCUT2D eigenvalue weighted by Crippen LogP contribution is 2.16. The molecule has 0 radical (unpaired) electrons. The zero-order chi connectivity index (χ0) is 19.5. The fourth-order valence-corrected chi connectivity index (χ4v) is 2.60. The Kier molecular flexibility index (Phi) is 11.0. The number of carbonyl (C=O) groups excluding carboxylic acids is 2. The molecule has 2 aromatic rings. The topological polar surface area (TPSA) is 96.2 Å². The maximum atomic E-state index is 12.0. The van der Waals surface area contributed by atoms with Gasteiger partial charge in [-0.25, -0.2) is 4.79 Å². The summed E-state index contributed by atoms with van der Waals surface area (Å²) >= 11 is 5.81. The van der Waals surface area contributed by atoms with Crippen molar-refractivity contribution < 1.29 is 9.59 Å². The Morgan fingerprint density at radius 2 is 1.21 bits per heavy atom. The van der Waals surface area contributed by atoms with E-state index in [0.717, 1.165) is 25.7 Å². The molecule has 0 atom stereocenters. The van der Waals surface area contributed by atoms with E-state index in [1.54, 1.807) is 48.5 Å². The van der Waals surface area contributed by atoms with Crippen LogP contribution >= 0.6 is 24.0 Å². The Hall–Kier alpha value is -2.28. The molecular formula is C20H26Cl2N4O2. The van der Waals surface area contributed by atoms with Crippen LogP contribution in [0.15, 0.2) is 48.5 Å². The lowest BCUT2D eigenvalue weighted by Crippen LogP contribution is -2.19. The summed E-state index contributed by atoms with van der Waals surface area (Å²) in [6.45, 7) is 0.699. The van der Waals surface area contributed by atoms with Crippen LogP contribution in [-0.4, -0.2) is 18.5 Å². The minimum atomic E-state index is -0.355. The van der Waals surface area contributed by atoms with Crippen LogP contribution in [0.2, 0.25) is 5.02 Å². The Morgan fingerprint density at radius 1 is 0.750 bits per heavy atom. The predicted octanol–water partition coefficient (Wildman–Crippen LogP) is 5.25. The molecule has 0 unspecified atom stereocenters. The van der Waals surface area contributed by atoms with E-state index in [1.165, 1.54) is 0 Å². The van der Waals surface area contributed by atoms with Crippen molar-refractivity contribution in [3.63, 3.8) is 0 Å². The number of anilines is 3. The summed E-state index contributed by atoms with van der Waals surface area (Å²) in [4.78, 5) is 23.9. The van der Waals surface area contributed by atoms with Gasteiger partial charge in [0.25, 0.3) is 0 Å². The molecule has 0 fully saturated rings. The van der Waals surface area contributed by atoms with Gasteiger partial charge in [-0.1, -0.05) is 24.4 Å². The van der Waals surface area contributed by atoms with E-state index < -0.39 is 0 Å². The normalized spacial score (nSPS) is 9.93. The Bertz CT molecular complexity index is 737. The first-order valence-corrected chi connectivity index (χ1v) is 9.38. The number of nitrogens with one attached hydrogen (secondary N) is 3. The fraction of sp³-hybridized carbons (Fsp3) is 0.300. The van der Waals surface area contributed by atoms with E-state index in [9.17, 15) is 9.59 Å². The minimum Gasteiger partial charge on any atom is -0.330 e. The zero-order valence-electron chi connectivity index (χ0n) is 15.5. The van der Waals surface area contributed by atoms with E-state index in [0.29, 0.717) is 35.1 Å². The van der Waals surface area contributed by atoms with Crippen LogP contribution in [0, 0.1) is 0 Å². The van der Waals surface area contributed by atoms with Crippen molar-refractivity contribution in [2.45, 2.75) is 32.1 Å². The summed E-state index contributed by atoms with van der Waals surface area (Å²) in [5.41, 5.74) is 7.42. The number of halogens is 2. The average molecular weight is 425 g/mol. The summed E-state index contributed by atoms with van der Waals surface area (Å²) in [5, 5.41) is 8.91. The summed E-state index contributed by atoms with van der Waals surface area (Å²) in [6, 6.07) is 13.5. The van der Waals surface area contributed by atoms with Crippen molar-refractivity contribution in [1.82, 2.24) is 0 Å². The average Bonchev–Trinajstić information content (AvgIpc) is 2.65. The molecule has 0 aliphatic heterocycles. The van der Waals surface area contributed by atoms with Crippen molar-refractivity contribution in [2.75, 3.05) is 22.5 Å². The SMILES string of the molecule is Cl.NCCCCCCC(=O)Nc1ccc(NC(=O)Nc2ccc(Cl)cc2)cc1. The van der Waals surface area contributed by atoms with E-state index in [2.05, 4.69) is 16.0 Å². The molecule has 0 saturated heterocycles. The number of unbranched alkanes of at least 4 members (excludes halogenated alkanes) is 3. The molecule has 152 valence electrons. The number of benzene rings is 2. The van der Waals surface area contributed by atoms with Crippen molar-refractivity contribution in [1.29, 1.82) is 0 Å². The highest BCUT2D eigenvalue weighted by Gasteiger charge is 2.05. The first kappa shape index (κ1) is 23.8. The minimum absolute atomic E-state index is 0. The van der Waals surface area contributed by atoms with Crippen LogP contribution in [0.4, 0.5) is 21.9 Å². The van der Waals surface area contributed by atoms with Crippen LogP contribution < -0.4 is 21.7 Å². The number of urea groups is 1. The van der Waals surface area contributed by atoms with Crippen molar-refractivity contribution >= 4 is 53.0 Å². The predicted molar refractivity (Wildman–Crippen MR) is 119 cm³/mol. The summed E-state index contributed by atoms with van der Waals surface area (Å²) in [6.07, 6.45) is 4.42. The second-order valence-corrected chi connectivity index (χ2v) is 6.60. The third-order valence-electron chi connectivity index (χ3n) is 3.89. The number of carbonyl (C=O) groups is 2. The van der Waals surface area contributed by atoms with E-state index >= 15 is 0 Å². The molecule has 3 amide bonds. The second-order valence-electron chi connectivity index (χ2n) is 6.16. The standard InChI is InChI=1S/C20H25ClN4O2.ClH/c21-15-6-8-17(9-7-15)24-20(27)25-18-12-10-16(11-13-18)23-19(26)5-3-1-2-4-14-22;/h6-13H,1-5,14,22H2,(H,23,26)(H2,24,25,27);1H. The first-order chi connectivity index (χ1) is 13.1. The lowest BCUT2D eigenvalue weighted by molar-refractivity contribution is -0.116. The summed E-state index contributed by atoms with van der Waals surface area (Å²) in [5.74, 6) is -0.0102. The van der Waals surface area contributed by atoms with E-state index in [-0.39, 0.29) is 24.3 Å². The van der Waals surface area contributed by atoms with Gasteiger partial charge in [0.05, 0.1) is 0 Å². The highest BCUT2D eigenvalue weighted by molar-refractivity contribution is 6.30. The molecule has 0 bridgehead atoms. The maximum absolute atomic E-state index is 12.0. The molecule has 0 saturated carbocycles. The molecule has 0 aliphatic carbocycles. The zero-order valence-corrected chi connectivity index (χ0v) is 17.1. The molecule has 0 heterocycles. The fourth-order valence-electron chi connectivity index (χ4n) is 2.47. The van der Waals surface area contributed by atoms with Crippen molar-refractivity contribution in [2.24, 2.45) is 5.73 Å². The molecule has 8 heteroatoms. The third kappa shape index (κ3) is 9.08. The number of nitrogens with two attached hydrogens (primary N) is 1. The van der Waals surface area contributed by atoms with Crippen molar-refractivity contribution in [3.8, 4) is 0 Å². The van der Waals surface area contributed by atoms with E-state index in [4.69, 9.17) is 17.3 Å². The lowest BCUT2D eigenvalue weighted by atomic mass is 10.1. The van der Waals surface area contributed by atoms with Gasteiger partial charge in [0.2, 0.25) is 5.91 Å². The molecule has 2 aromatic carbocycles. The maximum Gasteiger partial charge on any atom is 0.323 e. The Balaban J connectivity index is 0.00000392. The molecule has 5 N–H and O–H groups in total. The van der Waals surface area contributed by atoms with Gasteiger partial charge in [-0.3, -0.25) is 4.79 Å². The molecule has 28 heavy (non-hydrogen) atoms. The van der Waals surface area contributed by atoms with E-state index in [1.807, 2.05) is 0 Å². The van der Waals surface area contributed by atoms with Crippen molar-refractivity contribution in [3.05, 3.63) is 53.6 Å². The quantitative estimate of drug-likeness (QED) is 0.413. The van der Waals surface area contributed by atoms with Gasteiger partial charge in [0, 0.05) is 28.5 Å². The van der Waals surface area contributed by atoms with Gasteiger partial charge in [0.15, 0.2) is 0 Å². The molecule has 0 aliphatic rings. The largest absolute Gasteiger partial charge is 0.330 e. The molecule has 6 nitrogen and oxygen atoms in total. The molecular weight excluding hydrogens is 399 g/mol. The van der Waals surface area contributed by atoms with Crippen LogP contribution in [0.1, 0.15) is 32.1 Å². The monoisotopic (exact) mass is 424 g/mol. The van der Waals surface area contributed by atoms with Crippen LogP contribution in [-0.2, 0) is 4.79 Å². The summed E-state index contributed by atoms with van der Waals surface area (Å²) < 4.78 is 0. The first-order valence-electron chi connectivity index (χ1n) is 9.00. The highest BCUT2D eigenvalue weighted by atomic mass is 35.5. The Labute approximate surface area is 176 Å². The molecule has 2 rings (SSSR count). The van der Waals surface area contributed by atoms with Gasteiger partial charge in [-0.2, -0.15) is 0 Å². The van der Waals surface area contributed by atoms with Crippen LogP contribution in [0.3, 0.4) is 0 Å². The van der Waals surface area contributed by atoms with Gasteiger partial charge in [-0.15, -0.1) is 12.4 Å². The second kappa shape index (κ2) is 13.0. The lowest BCUT2D eigenvalue weighted by Gasteiger charge is -2.09. The third-order valence-corrected chi connectivity index (χ3v) is 4.14. The van der Waals surface area contributed by atoms with Crippen LogP contribution in [0.25, 0.3) is 0 Å². The smallest absolute Gasteiger partial charge is 0.323 e. The van der Waals surface area contributed by atoms with Gasteiger partial charge in [-0.05, 0) is 67.9 Å². The van der Waals surface area contributed by atoms with Gasteiger partial charge in [0.1, 0.15) is 0 Å². The summed E-state index contributed by atoms with van der Waals surface area (Å²) in [7, 11) is 0. The van der Waals surface area contributed by atoms with Crippen LogP contribution in [0.5, 0.6) is 0 Å². The van der Waals surface area contributed by atoms with Gasteiger partial charge < -0.3 is 21.7 Å². The molecule has 0 spiro atoms. The Morgan fingerprint density at radius 3 is 1.75 bits per heavy atom. The number of rotatable bonds is 9. The molecule has 0 aromatic heterocycles. The number of hydrogen-bond donors (Lipinski definition) is 4. The van der Waals surface area contributed by atoms with Gasteiger partial charge >= 0.3 is 6.03 Å². The number of amides is 3. The number of hydrogen-bond acceptors (Lipinski definition) is 3.